The summed E-state index contributed by atoms with van der Waals surface area (Å²) in [5.41, 5.74) is 3.32. The van der Waals surface area contributed by atoms with Crippen LogP contribution in [0.3, 0.4) is 0 Å². The highest BCUT2D eigenvalue weighted by atomic mass is 16.7. The van der Waals surface area contributed by atoms with Crippen molar-refractivity contribution in [2.75, 3.05) is 34.1 Å². The van der Waals surface area contributed by atoms with Crippen molar-refractivity contribution in [2.24, 2.45) is 5.92 Å². The average Bonchev–Trinajstić information content (AvgIpc) is 3.58. The van der Waals surface area contributed by atoms with Crippen LogP contribution in [0.25, 0.3) is 0 Å². The predicted molar refractivity (Wildman–Crippen MR) is 137 cm³/mol. The van der Waals surface area contributed by atoms with E-state index in [2.05, 4.69) is 5.32 Å². The van der Waals surface area contributed by atoms with Gasteiger partial charge in [0.25, 0.3) is 5.91 Å². The van der Waals surface area contributed by atoms with E-state index in [1.807, 2.05) is 67.6 Å². The number of ether oxygens (including phenoxy) is 4. The number of rotatable bonds is 7. The number of methoxy groups -OCH3 is 2. The Morgan fingerprint density at radius 3 is 2.57 bits per heavy atom. The first-order valence-corrected chi connectivity index (χ1v) is 12.2. The van der Waals surface area contributed by atoms with Crippen molar-refractivity contribution in [1.29, 1.82) is 0 Å². The van der Waals surface area contributed by atoms with Gasteiger partial charge >= 0.3 is 0 Å². The van der Waals surface area contributed by atoms with E-state index in [9.17, 15) is 9.59 Å². The minimum atomic E-state index is -0.454. The molecule has 1 fully saturated rings. The number of fused-ring (bicyclic) bond motifs is 1. The zero-order valence-electron chi connectivity index (χ0n) is 21.2. The van der Waals surface area contributed by atoms with E-state index < -0.39 is 5.92 Å². The van der Waals surface area contributed by atoms with Crippen molar-refractivity contribution in [3.8, 4) is 23.0 Å². The quantitative estimate of drug-likeness (QED) is 0.527. The van der Waals surface area contributed by atoms with Crippen molar-refractivity contribution in [3.05, 3.63) is 82.9 Å². The Balaban J connectivity index is 1.40. The third-order valence-electron chi connectivity index (χ3n) is 7.06. The standard InChI is InChI=1S/C29H30N2O6/c1-18-6-4-5-7-21(18)29(33)31-15-23(22-10-9-20(34-2)13-26(22)35-3)24(16-31)28(32)30-14-19-8-11-25-27(12-19)37-17-36-25/h4-13,23-24H,14-17H2,1-3H3,(H,30,32)/t23-,24+/m1/s1. The molecule has 2 heterocycles. The number of likely N-dealkylation sites (tertiary alicyclic amines) is 1. The molecule has 0 radical (unpaired) electrons. The van der Waals surface area contributed by atoms with Gasteiger partial charge in [-0.25, -0.2) is 0 Å². The molecule has 8 nitrogen and oxygen atoms in total. The Hall–Kier alpha value is -4.20. The topological polar surface area (TPSA) is 86.3 Å². The van der Waals surface area contributed by atoms with E-state index in [1.54, 1.807) is 19.1 Å². The van der Waals surface area contributed by atoms with E-state index >= 15 is 0 Å². The summed E-state index contributed by atoms with van der Waals surface area (Å²) in [6, 6.07) is 18.7. The molecule has 37 heavy (non-hydrogen) atoms. The lowest BCUT2D eigenvalue weighted by Gasteiger charge is -2.21. The smallest absolute Gasteiger partial charge is 0.254 e. The number of hydrogen-bond donors (Lipinski definition) is 1. The average molecular weight is 503 g/mol. The van der Waals surface area contributed by atoms with Gasteiger partial charge in [0.05, 0.1) is 20.1 Å². The second-order valence-corrected chi connectivity index (χ2v) is 9.25. The third-order valence-corrected chi connectivity index (χ3v) is 7.06. The molecular formula is C29H30N2O6. The first-order valence-electron chi connectivity index (χ1n) is 12.2. The molecule has 0 spiro atoms. The van der Waals surface area contributed by atoms with Crippen LogP contribution in [0.15, 0.2) is 60.7 Å². The highest BCUT2D eigenvalue weighted by Gasteiger charge is 2.42. The van der Waals surface area contributed by atoms with Gasteiger partial charge in [0, 0.05) is 42.7 Å². The second-order valence-electron chi connectivity index (χ2n) is 9.25. The summed E-state index contributed by atoms with van der Waals surface area (Å²) < 4.78 is 21.8. The van der Waals surface area contributed by atoms with Crippen LogP contribution in [0, 0.1) is 12.8 Å². The number of aryl methyl sites for hydroxylation is 1. The van der Waals surface area contributed by atoms with Crippen LogP contribution in [-0.4, -0.2) is 50.8 Å². The number of nitrogens with zero attached hydrogens (tertiary/aromatic N) is 1. The largest absolute Gasteiger partial charge is 0.497 e. The minimum absolute atomic E-state index is 0.0818. The molecule has 1 saturated heterocycles. The van der Waals surface area contributed by atoms with Gasteiger partial charge in [-0.1, -0.05) is 30.3 Å². The summed E-state index contributed by atoms with van der Waals surface area (Å²) in [6.45, 7) is 3.16. The minimum Gasteiger partial charge on any atom is -0.497 e. The third kappa shape index (κ3) is 4.91. The van der Waals surface area contributed by atoms with Gasteiger partial charge in [-0.2, -0.15) is 0 Å². The molecule has 0 bridgehead atoms. The van der Waals surface area contributed by atoms with Crippen LogP contribution in [-0.2, 0) is 11.3 Å². The molecule has 2 atom stereocenters. The molecule has 0 unspecified atom stereocenters. The van der Waals surface area contributed by atoms with Gasteiger partial charge in [0.1, 0.15) is 11.5 Å². The Morgan fingerprint density at radius 1 is 0.973 bits per heavy atom. The Labute approximate surface area is 216 Å². The van der Waals surface area contributed by atoms with Crippen LogP contribution < -0.4 is 24.3 Å². The molecule has 0 saturated carbocycles. The van der Waals surface area contributed by atoms with E-state index in [1.165, 1.54) is 0 Å². The van der Waals surface area contributed by atoms with Gasteiger partial charge in [-0.05, 0) is 42.3 Å². The molecule has 2 aliphatic rings. The Kier molecular flexibility index (Phi) is 6.90. The summed E-state index contributed by atoms with van der Waals surface area (Å²) in [5, 5.41) is 3.06. The molecule has 2 amide bonds. The maximum absolute atomic E-state index is 13.6. The van der Waals surface area contributed by atoms with Crippen LogP contribution in [0.4, 0.5) is 0 Å². The van der Waals surface area contributed by atoms with E-state index in [0.29, 0.717) is 48.2 Å². The molecule has 8 heteroatoms. The summed E-state index contributed by atoms with van der Waals surface area (Å²) in [6.07, 6.45) is 0. The van der Waals surface area contributed by atoms with Gasteiger partial charge < -0.3 is 29.2 Å². The number of nitrogens with one attached hydrogen (secondary N) is 1. The number of carbonyl (C=O) groups excluding carboxylic acids is 2. The van der Waals surface area contributed by atoms with E-state index in [0.717, 1.165) is 16.7 Å². The molecule has 1 N–H and O–H groups in total. The van der Waals surface area contributed by atoms with Crippen LogP contribution >= 0.6 is 0 Å². The fraction of sp³-hybridized carbons (Fsp3) is 0.310. The summed E-state index contributed by atoms with van der Waals surface area (Å²) in [5.74, 6) is 1.75. The van der Waals surface area contributed by atoms with Crippen LogP contribution in [0.5, 0.6) is 23.0 Å². The van der Waals surface area contributed by atoms with Crippen molar-refractivity contribution >= 4 is 11.8 Å². The SMILES string of the molecule is COc1ccc([C@H]2CN(C(=O)c3ccccc3C)C[C@@H]2C(=O)NCc2ccc3c(c2)OCO3)c(OC)c1. The van der Waals surface area contributed by atoms with Crippen molar-refractivity contribution in [1.82, 2.24) is 10.2 Å². The molecule has 5 rings (SSSR count). The maximum Gasteiger partial charge on any atom is 0.254 e. The lowest BCUT2D eigenvalue weighted by Crippen LogP contribution is -2.35. The molecule has 3 aromatic rings. The normalized spacial score (nSPS) is 18.0. The first-order chi connectivity index (χ1) is 18.0. The van der Waals surface area contributed by atoms with Crippen LogP contribution in [0.2, 0.25) is 0 Å². The van der Waals surface area contributed by atoms with Crippen molar-refractivity contribution in [3.63, 3.8) is 0 Å². The molecule has 3 aromatic carbocycles. The number of carbonyl (C=O) groups is 2. The lowest BCUT2D eigenvalue weighted by atomic mass is 9.87. The number of benzene rings is 3. The summed E-state index contributed by atoms with van der Waals surface area (Å²) >= 11 is 0. The van der Waals surface area contributed by atoms with Crippen LogP contribution in [0.1, 0.15) is 33.0 Å². The molecule has 192 valence electrons. The number of amides is 2. The second kappa shape index (κ2) is 10.4. The lowest BCUT2D eigenvalue weighted by molar-refractivity contribution is -0.125. The molecular weight excluding hydrogens is 472 g/mol. The molecule has 2 aliphatic heterocycles. The van der Waals surface area contributed by atoms with E-state index in [-0.39, 0.29) is 24.5 Å². The molecule has 0 aromatic heterocycles. The van der Waals surface area contributed by atoms with Crippen molar-refractivity contribution in [2.45, 2.75) is 19.4 Å². The maximum atomic E-state index is 13.6. The summed E-state index contributed by atoms with van der Waals surface area (Å²) in [7, 11) is 3.19. The van der Waals surface area contributed by atoms with Gasteiger partial charge in [0.2, 0.25) is 12.7 Å². The van der Waals surface area contributed by atoms with Crippen molar-refractivity contribution < 1.29 is 28.5 Å². The fourth-order valence-corrected chi connectivity index (χ4v) is 5.03. The number of hydrogen-bond acceptors (Lipinski definition) is 6. The van der Waals surface area contributed by atoms with Gasteiger partial charge in [0.15, 0.2) is 11.5 Å². The zero-order valence-corrected chi connectivity index (χ0v) is 21.2. The zero-order chi connectivity index (χ0) is 25.9. The fourth-order valence-electron chi connectivity index (χ4n) is 5.03. The Morgan fingerprint density at radius 2 is 1.78 bits per heavy atom. The van der Waals surface area contributed by atoms with E-state index in [4.69, 9.17) is 18.9 Å². The first kappa shape index (κ1) is 24.5. The molecule has 0 aliphatic carbocycles. The summed E-state index contributed by atoms with van der Waals surface area (Å²) in [4.78, 5) is 28.8. The van der Waals surface area contributed by atoms with Gasteiger partial charge in [-0.15, -0.1) is 0 Å². The highest BCUT2D eigenvalue weighted by Crippen LogP contribution is 2.40. The predicted octanol–water partition coefficient (Wildman–Crippen LogP) is 3.91. The Bertz CT molecular complexity index is 1320. The monoisotopic (exact) mass is 502 g/mol. The van der Waals surface area contributed by atoms with Gasteiger partial charge in [-0.3, -0.25) is 9.59 Å². The highest BCUT2D eigenvalue weighted by molar-refractivity contribution is 5.96.